The fraction of sp³-hybridized carbons (Fsp3) is 0.375. The van der Waals surface area contributed by atoms with Gasteiger partial charge >= 0.3 is 12.2 Å². The van der Waals surface area contributed by atoms with E-state index in [0.717, 1.165) is 76.2 Å². The van der Waals surface area contributed by atoms with E-state index >= 15 is 0 Å². The number of piperidine rings is 1. The van der Waals surface area contributed by atoms with Crippen molar-refractivity contribution in [1.29, 1.82) is 0 Å². The monoisotopic (exact) mass is 786 g/mol. The molecule has 300 valence electrons. The summed E-state index contributed by atoms with van der Waals surface area (Å²) in [6.45, 7) is 6.60. The molecule has 4 amide bonds. The van der Waals surface area contributed by atoms with Crippen molar-refractivity contribution < 1.29 is 32.3 Å². The Kier molecular flexibility index (Phi) is 11.8. The highest BCUT2D eigenvalue weighted by Gasteiger charge is 2.35. The Morgan fingerprint density at radius 1 is 0.860 bits per heavy atom. The smallest absolute Gasteiger partial charge is 0.419 e. The number of halogens is 3. The molecular weight excluding hydrogens is 742 g/mol. The second-order valence-corrected chi connectivity index (χ2v) is 14.2. The van der Waals surface area contributed by atoms with Gasteiger partial charge in [-0.3, -0.25) is 34.6 Å². The third kappa shape index (κ3) is 9.21. The highest BCUT2D eigenvalue weighted by atomic mass is 19.4. The van der Waals surface area contributed by atoms with Crippen molar-refractivity contribution in [2.75, 3.05) is 80.4 Å². The SMILES string of the molecule is CNC(=O)c1ccccc1Nc1cc(Nc2ccc(N3CCC(N4CCN(Cc5ccc(N6CCC(=O)NC6=O)cn5)CC4)CC3)cc2OC)ncc1C(F)(F)F. The predicted molar refractivity (Wildman–Crippen MR) is 210 cm³/mol. The summed E-state index contributed by atoms with van der Waals surface area (Å²) in [6.07, 6.45) is 0.0545. The number of nitrogens with zero attached hydrogens (tertiary/aromatic N) is 6. The molecule has 3 aliphatic rings. The molecule has 2 aromatic heterocycles. The number of carbonyl (C=O) groups excluding carboxylic acids is 3. The number of benzene rings is 2. The highest BCUT2D eigenvalue weighted by molar-refractivity contribution is 6.05. The second-order valence-electron chi connectivity index (χ2n) is 14.2. The molecular formula is C40H45F3N10O4. The van der Waals surface area contributed by atoms with Crippen LogP contribution in [0.15, 0.2) is 73.1 Å². The van der Waals surface area contributed by atoms with Gasteiger partial charge in [-0.1, -0.05) is 12.1 Å². The molecule has 0 saturated carbocycles. The zero-order chi connectivity index (χ0) is 40.1. The summed E-state index contributed by atoms with van der Waals surface area (Å²) in [5.41, 5.74) is 2.32. The Labute approximate surface area is 328 Å². The van der Waals surface area contributed by atoms with Crippen molar-refractivity contribution in [1.82, 2.24) is 30.4 Å². The molecule has 3 aliphatic heterocycles. The third-order valence-electron chi connectivity index (χ3n) is 10.6. The molecule has 4 N–H and O–H groups in total. The van der Waals surface area contributed by atoms with Gasteiger partial charge in [0, 0.05) is 95.9 Å². The van der Waals surface area contributed by atoms with Crippen molar-refractivity contribution in [3.63, 3.8) is 0 Å². The van der Waals surface area contributed by atoms with E-state index in [1.807, 2.05) is 30.3 Å². The van der Waals surface area contributed by atoms with Gasteiger partial charge in [0.1, 0.15) is 11.6 Å². The number of piperazine rings is 1. The van der Waals surface area contributed by atoms with Crippen LogP contribution in [0.1, 0.15) is 40.9 Å². The van der Waals surface area contributed by atoms with E-state index in [4.69, 9.17) is 4.74 Å². The third-order valence-corrected chi connectivity index (χ3v) is 10.6. The van der Waals surface area contributed by atoms with Crippen LogP contribution in [0.5, 0.6) is 5.75 Å². The number of rotatable bonds is 11. The van der Waals surface area contributed by atoms with Crippen LogP contribution in [0.25, 0.3) is 0 Å². The number of alkyl halides is 3. The summed E-state index contributed by atoms with van der Waals surface area (Å²) in [7, 11) is 3.00. The molecule has 0 atom stereocenters. The van der Waals surface area contributed by atoms with Gasteiger partial charge in [0.15, 0.2) is 0 Å². The largest absolute Gasteiger partial charge is 0.494 e. The molecule has 0 aliphatic carbocycles. The van der Waals surface area contributed by atoms with Crippen LogP contribution in [-0.2, 0) is 17.5 Å². The molecule has 57 heavy (non-hydrogen) atoms. The van der Waals surface area contributed by atoms with Crippen molar-refractivity contribution >= 4 is 52.1 Å². The first-order valence-corrected chi connectivity index (χ1v) is 18.9. The van der Waals surface area contributed by atoms with Gasteiger partial charge in [0.2, 0.25) is 5.91 Å². The number of amides is 4. The zero-order valence-electron chi connectivity index (χ0n) is 31.7. The number of para-hydroxylation sites is 1. The van der Waals surface area contributed by atoms with E-state index in [2.05, 4.69) is 45.9 Å². The number of nitrogens with one attached hydrogen (secondary N) is 4. The number of anilines is 6. The fourth-order valence-electron chi connectivity index (χ4n) is 7.53. The summed E-state index contributed by atoms with van der Waals surface area (Å²) in [5, 5.41) is 10.8. The van der Waals surface area contributed by atoms with Gasteiger partial charge in [0.25, 0.3) is 5.91 Å². The Bertz CT molecular complexity index is 2080. The molecule has 0 unspecified atom stereocenters. The summed E-state index contributed by atoms with van der Waals surface area (Å²) in [6, 6.07) is 17.2. The van der Waals surface area contributed by atoms with E-state index in [9.17, 15) is 27.6 Å². The van der Waals surface area contributed by atoms with Crippen LogP contribution in [0.2, 0.25) is 0 Å². The van der Waals surface area contributed by atoms with E-state index < -0.39 is 23.7 Å². The van der Waals surface area contributed by atoms with Crippen LogP contribution >= 0.6 is 0 Å². The maximum absolute atomic E-state index is 14.0. The second kappa shape index (κ2) is 17.1. The zero-order valence-corrected chi connectivity index (χ0v) is 31.7. The van der Waals surface area contributed by atoms with Crippen molar-refractivity contribution in [3.8, 4) is 5.75 Å². The lowest BCUT2D eigenvalue weighted by Gasteiger charge is -2.43. The van der Waals surface area contributed by atoms with Gasteiger partial charge in [-0.25, -0.2) is 9.78 Å². The Balaban J connectivity index is 0.929. The molecule has 14 nitrogen and oxygen atoms in total. The summed E-state index contributed by atoms with van der Waals surface area (Å²) in [4.78, 5) is 53.5. The van der Waals surface area contributed by atoms with Crippen molar-refractivity contribution in [2.24, 2.45) is 0 Å². The molecule has 0 bridgehead atoms. The Hall–Kier alpha value is -5.94. The van der Waals surface area contributed by atoms with Gasteiger partial charge < -0.3 is 25.6 Å². The Morgan fingerprint density at radius 3 is 2.30 bits per heavy atom. The first kappa shape index (κ1) is 39.3. The van der Waals surface area contributed by atoms with Gasteiger partial charge in [-0.15, -0.1) is 0 Å². The van der Waals surface area contributed by atoms with Crippen LogP contribution in [-0.4, -0.2) is 104 Å². The average Bonchev–Trinajstić information content (AvgIpc) is 3.21. The number of methoxy groups -OCH3 is 1. The lowest BCUT2D eigenvalue weighted by atomic mass is 10.0. The van der Waals surface area contributed by atoms with Crippen molar-refractivity contribution in [2.45, 2.75) is 38.0 Å². The standard InChI is InChI=1S/C40H45F3N10O4/c1-44-38(55)30-5-3-4-6-32(30)47-34-22-36(46-24-31(34)40(41,42)43)48-33-10-9-28(21-35(33)57-2)51-14-11-27(12-15-51)52-19-17-50(18-20-52)25-26-7-8-29(23-45-26)53-16-13-37(54)49-39(53)56/h3-10,21-24,27H,11-20,25H2,1-2H3,(H,44,55)(H2,46,47,48)(H,49,54,56). The van der Waals surface area contributed by atoms with Crippen LogP contribution < -0.4 is 35.8 Å². The first-order valence-electron chi connectivity index (χ1n) is 18.9. The van der Waals surface area contributed by atoms with Gasteiger partial charge in [-0.05, 0) is 49.2 Å². The highest BCUT2D eigenvalue weighted by Crippen LogP contribution is 2.39. The summed E-state index contributed by atoms with van der Waals surface area (Å²) >= 11 is 0. The molecule has 5 heterocycles. The lowest BCUT2D eigenvalue weighted by molar-refractivity contribution is -0.137. The molecule has 0 spiro atoms. The fourth-order valence-corrected chi connectivity index (χ4v) is 7.53. The molecule has 7 rings (SSSR count). The number of urea groups is 1. The first-order chi connectivity index (χ1) is 27.5. The van der Waals surface area contributed by atoms with Crippen LogP contribution in [0.4, 0.5) is 52.2 Å². The Morgan fingerprint density at radius 2 is 1.61 bits per heavy atom. The molecule has 3 fully saturated rings. The average molecular weight is 787 g/mol. The molecule has 0 radical (unpaired) electrons. The van der Waals surface area contributed by atoms with Gasteiger partial charge in [0.05, 0.1) is 52.9 Å². The summed E-state index contributed by atoms with van der Waals surface area (Å²) in [5.74, 6) is -0.0214. The van der Waals surface area contributed by atoms with E-state index in [1.54, 1.807) is 25.4 Å². The van der Waals surface area contributed by atoms with E-state index in [-0.39, 0.29) is 35.1 Å². The summed E-state index contributed by atoms with van der Waals surface area (Å²) < 4.78 is 47.8. The van der Waals surface area contributed by atoms with Gasteiger partial charge in [-0.2, -0.15) is 13.2 Å². The number of hydrogen-bond acceptors (Lipinski definition) is 11. The number of ether oxygens (including phenoxy) is 1. The molecule has 2 aromatic carbocycles. The minimum absolute atomic E-state index is 0.159. The number of pyridine rings is 2. The number of carbonyl (C=O) groups is 3. The maximum Gasteiger partial charge on any atom is 0.419 e. The number of aromatic nitrogens is 2. The van der Waals surface area contributed by atoms with E-state index in [0.29, 0.717) is 29.7 Å². The molecule has 4 aromatic rings. The minimum Gasteiger partial charge on any atom is -0.494 e. The number of hydrogen-bond donors (Lipinski definition) is 4. The number of imide groups is 1. The topological polar surface area (TPSA) is 147 Å². The molecule has 3 saturated heterocycles. The molecule has 17 heteroatoms. The van der Waals surface area contributed by atoms with Crippen molar-refractivity contribution in [3.05, 3.63) is 89.9 Å². The van der Waals surface area contributed by atoms with Crippen LogP contribution in [0, 0.1) is 0 Å². The minimum atomic E-state index is -4.69. The quantitative estimate of drug-likeness (QED) is 0.151. The van der Waals surface area contributed by atoms with Crippen LogP contribution in [0.3, 0.4) is 0 Å². The maximum atomic E-state index is 14.0. The normalized spacial score (nSPS) is 17.3. The predicted octanol–water partition coefficient (Wildman–Crippen LogP) is 5.58. The lowest BCUT2D eigenvalue weighted by Crippen LogP contribution is -2.53. The van der Waals surface area contributed by atoms with E-state index in [1.165, 1.54) is 30.1 Å².